The minimum atomic E-state index is 0.552. The van der Waals surface area contributed by atoms with Crippen molar-refractivity contribution in [1.29, 1.82) is 0 Å². The molecule has 0 radical (unpaired) electrons. The van der Waals surface area contributed by atoms with Crippen molar-refractivity contribution in [3.8, 4) is 0 Å². The monoisotopic (exact) mass is 454 g/mol. The van der Waals surface area contributed by atoms with E-state index in [1.807, 2.05) is 5.57 Å². The van der Waals surface area contributed by atoms with Gasteiger partial charge in [0.05, 0.1) is 0 Å². The van der Waals surface area contributed by atoms with Gasteiger partial charge >= 0.3 is 0 Å². The number of hydrogen-bond acceptors (Lipinski definition) is 0. The van der Waals surface area contributed by atoms with Crippen LogP contribution in [0.5, 0.6) is 0 Å². The highest BCUT2D eigenvalue weighted by atomic mass is 14.6. The van der Waals surface area contributed by atoms with E-state index in [0.29, 0.717) is 10.8 Å². The number of fused-ring (bicyclic) bond motifs is 5. The lowest BCUT2D eigenvalue weighted by molar-refractivity contribution is -0.0528. The van der Waals surface area contributed by atoms with E-state index in [-0.39, 0.29) is 0 Å². The van der Waals surface area contributed by atoms with Crippen molar-refractivity contribution in [2.75, 3.05) is 0 Å². The van der Waals surface area contributed by atoms with Crippen LogP contribution in [0.2, 0.25) is 0 Å². The molecular formula is C33H58. The van der Waals surface area contributed by atoms with Crippen LogP contribution in [0.25, 0.3) is 0 Å². The Morgan fingerprint density at radius 3 is 2.24 bits per heavy atom. The normalized spacial score (nSPS) is 42.8. The van der Waals surface area contributed by atoms with Crippen molar-refractivity contribution >= 4 is 0 Å². The standard InChI is InChI=1S/C29H50.C4H8/c1-7-22-15-17-28(5)23(19-22)11-12-24-26-14-13-25(21(4)10-8-9-20(2)3)29(26,6)18-16-27(24)28;1-2-4-3-1/h11,20-22,24-27H,7-10,12-19H2,1-6H3;1-4H2/t21-,22+,24-,25?,26+,27?,28?,29?;/m1./s1. The quantitative estimate of drug-likeness (QED) is 0.350. The molecule has 0 spiro atoms. The van der Waals surface area contributed by atoms with Crippen molar-refractivity contribution in [2.45, 2.75) is 144 Å². The van der Waals surface area contributed by atoms with E-state index in [9.17, 15) is 0 Å². The molecule has 5 rings (SSSR count). The summed E-state index contributed by atoms with van der Waals surface area (Å²) in [4.78, 5) is 0. The van der Waals surface area contributed by atoms with E-state index in [1.54, 1.807) is 0 Å². The first-order valence-corrected chi connectivity index (χ1v) is 15.5. The fourth-order valence-corrected chi connectivity index (χ4v) is 9.36. The summed E-state index contributed by atoms with van der Waals surface area (Å²) < 4.78 is 0. The van der Waals surface area contributed by atoms with Crippen molar-refractivity contribution in [1.82, 2.24) is 0 Å². The molecule has 33 heavy (non-hydrogen) atoms. The molecule has 4 unspecified atom stereocenters. The molecule has 0 saturated heterocycles. The summed E-state index contributed by atoms with van der Waals surface area (Å²) in [5, 5.41) is 0. The lowest BCUT2D eigenvalue weighted by Crippen LogP contribution is -2.50. The van der Waals surface area contributed by atoms with E-state index in [4.69, 9.17) is 0 Å². The first kappa shape index (κ1) is 25.8. The van der Waals surface area contributed by atoms with Crippen molar-refractivity contribution < 1.29 is 0 Å². The van der Waals surface area contributed by atoms with Gasteiger partial charge in [0.25, 0.3) is 0 Å². The van der Waals surface area contributed by atoms with Crippen LogP contribution in [0.15, 0.2) is 11.6 Å². The Hall–Kier alpha value is -0.260. The smallest absolute Gasteiger partial charge is 0.00851 e. The number of allylic oxidation sites excluding steroid dienone is 2. The highest BCUT2D eigenvalue weighted by molar-refractivity contribution is 5.25. The molecule has 0 heterocycles. The Morgan fingerprint density at radius 2 is 1.61 bits per heavy atom. The lowest BCUT2D eigenvalue weighted by Gasteiger charge is -2.58. The molecule has 190 valence electrons. The first-order chi connectivity index (χ1) is 15.8. The summed E-state index contributed by atoms with van der Waals surface area (Å²) in [6.45, 7) is 15.2. The van der Waals surface area contributed by atoms with Gasteiger partial charge in [-0.05, 0) is 104 Å². The average Bonchev–Trinajstić information content (AvgIpc) is 3.09. The third-order valence-electron chi connectivity index (χ3n) is 12.0. The van der Waals surface area contributed by atoms with Gasteiger partial charge in [0.1, 0.15) is 0 Å². The van der Waals surface area contributed by atoms with Gasteiger partial charge in [-0.25, -0.2) is 0 Å². The third kappa shape index (κ3) is 5.16. The molecule has 0 aliphatic heterocycles. The molecule has 5 aliphatic carbocycles. The van der Waals surface area contributed by atoms with Crippen LogP contribution in [0, 0.1) is 52.3 Å². The molecule has 0 nitrogen and oxygen atoms in total. The van der Waals surface area contributed by atoms with Crippen LogP contribution in [-0.2, 0) is 0 Å². The van der Waals surface area contributed by atoms with Crippen LogP contribution in [0.4, 0.5) is 0 Å². The van der Waals surface area contributed by atoms with Gasteiger partial charge in [-0.15, -0.1) is 0 Å². The lowest BCUT2D eigenvalue weighted by atomic mass is 9.46. The number of rotatable bonds is 6. The van der Waals surface area contributed by atoms with Gasteiger partial charge < -0.3 is 0 Å². The predicted molar refractivity (Wildman–Crippen MR) is 145 cm³/mol. The molecule has 0 aromatic rings. The van der Waals surface area contributed by atoms with E-state index in [2.05, 4.69) is 47.6 Å². The van der Waals surface area contributed by atoms with Crippen molar-refractivity contribution in [2.24, 2.45) is 52.3 Å². The van der Waals surface area contributed by atoms with E-state index in [1.165, 1.54) is 103 Å². The molecule has 0 aromatic heterocycles. The van der Waals surface area contributed by atoms with Crippen molar-refractivity contribution in [3.05, 3.63) is 11.6 Å². The largest absolute Gasteiger partial charge is 0.0845 e. The molecule has 0 amide bonds. The molecule has 0 heteroatoms. The topological polar surface area (TPSA) is 0 Å². The maximum atomic E-state index is 2.77. The summed E-state index contributed by atoms with van der Waals surface area (Å²) in [6.07, 6.45) is 26.4. The first-order valence-electron chi connectivity index (χ1n) is 15.5. The van der Waals surface area contributed by atoms with Gasteiger partial charge in [-0.2, -0.15) is 0 Å². The Bertz CT molecular complexity index is 649. The van der Waals surface area contributed by atoms with Crippen LogP contribution in [0.3, 0.4) is 0 Å². The van der Waals surface area contributed by atoms with Crippen LogP contribution in [0.1, 0.15) is 144 Å². The zero-order chi connectivity index (χ0) is 23.6. The number of hydrogen-bond donors (Lipinski definition) is 0. The highest BCUT2D eigenvalue weighted by Gasteiger charge is 2.58. The molecule has 4 saturated carbocycles. The Morgan fingerprint density at radius 1 is 0.879 bits per heavy atom. The maximum absolute atomic E-state index is 2.77. The van der Waals surface area contributed by atoms with Gasteiger partial charge in [0.2, 0.25) is 0 Å². The fourth-order valence-electron chi connectivity index (χ4n) is 9.36. The zero-order valence-corrected chi connectivity index (χ0v) is 23.4. The summed E-state index contributed by atoms with van der Waals surface area (Å²) in [7, 11) is 0. The fraction of sp³-hybridized carbons (Fsp3) is 0.939. The van der Waals surface area contributed by atoms with Crippen LogP contribution >= 0.6 is 0 Å². The van der Waals surface area contributed by atoms with Crippen LogP contribution in [-0.4, -0.2) is 0 Å². The van der Waals surface area contributed by atoms with E-state index in [0.717, 1.165) is 41.4 Å². The summed E-state index contributed by atoms with van der Waals surface area (Å²) >= 11 is 0. The molecular weight excluding hydrogens is 396 g/mol. The van der Waals surface area contributed by atoms with Gasteiger partial charge in [-0.1, -0.05) is 105 Å². The SMILES string of the molecule is C1CCC1.CC[C@H]1CCC2(C)C(=CC[C@H]3C2CCC2(C)C([C@H](C)CCCC(C)C)CC[C@@H]32)C1. The molecule has 0 aromatic carbocycles. The molecule has 4 fully saturated rings. The second kappa shape index (κ2) is 10.8. The Balaban J connectivity index is 0.000000586. The van der Waals surface area contributed by atoms with E-state index >= 15 is 0 Å². The zero-order valence-electron chi connectivity index (χ0n) is 23.4. The average molecular weight is 455 g/mol. The minimum Gasteiger partial charge on any atom is -0.0845 e. The van der Waals surface area contributed by atoms with Gasteiger partial charge in [0.15, 0.2) is 0 Å². The van der Waals surface area contributed by atoms with E-state index < -0.39 is 0 Å². The summed E-state index contributed by atoms with van der Waals surface area (Å²) in [5.74, 6) is 6.78. The third-order valence-corrected chi connectivity index (χ3v) is 12.0. The predicted octanol–water partition coefficient (Wildman–Crippen LogP) is 10.6. The molecule has 8 atom stereocenters. The Labute approximate surface area is 208 Å². The second-order valence-electron chi connectivity index (χ2n) is 14.2. The molecule has 5 aliphatic rings. The molecule has 0 bridgehead atoms. The van der Waals surface area contributed by atoms with Gasteiger partial charge in [0, 0.05) is 0 Å². The second-order valence-corrected chi connectivity index (χ2v) is 14.2. The van der Waals surface area contributed by atoms with Crippen LogP contribution < -0.4 is 0 Å². The summed E-state index contributed by atoms with van der Waals surface area (Å²) in [6, 6.07) is 0. The summed E-state index contributed by atoms with van der Waals surface area (Å²) in [5.41, 5.74) is 3.08. The maximum Gasteiger partial charge on any atom is -0.00851 e. The highest BCUT2D eigenvalue weighted by Crippen LogP contribution is 2.67. The van der Waals surface area contributed by atoms with Gasteiger partial charge in [-0.3, -0.25) is 0 Å². The Kier molecular flexibility index (Phi) is 8.44. The minimum absolute atomic E-state index is 0.552. The molecule has 0 N–H and O–H groups in total. The van der Waals surface area contributed by atoms with Crippen molar-refractivity contribution in [3.63, 3.8) is 0 Å².